The number of aromatic carboxylic acids is 1. The molecule has 0 aliphatic rings. The van der Waals surface area contributed by atoms with Crippen molar-refractivity contribution in [1.29, 1.82) is 0 Å². The summed E-state index contributed by atoms with van der Waals surface area (Å²) < 4.78 is 5.88. The van der Waals surface area contributed by atoms with Gasteiger partial charge >= 0.3 is 5.97 Å². The van der Waals surface area contributed by atoms with E-state index in [0.29, 0.717) is 18.0 Å². The van der Waals surface area contributed by atoms with Gasteiger partial charge in [0.15, 0.2) is 0 Å². The number of aliphatic hydroxyl groups excluding tert-OH is 1. The molecule has 2 atom stereocenters. The van der Waals surface area contributed by atoms with Gasteiger partial charge in [0.05, 0.1) is 6.10 Å². The smallest absolute Gasteiger partial charge is 0.339 e. The number of aliphatic hydroxyl groups is 1. The molecule has 5 nitrogen and oxygen atoms in total. The summed E-state index contributed by atoms with van der Waals surface area (Å²) in [6, 6.07) is 32.3. The van der Waals surface area contributed by atoms with E-state index in [0.717, 1.165) is 23.1 Å². The van der Waals surface area contributed by atoms with E-state index in [-0.39, 0.29) is 24.0 Å². The summed E-state index contributed by atoms with van der Waals surface area (Å²) in [5.74, 6) is -0.141. The highest BCUT2D eigenvalue weighted by Gasteiger charge is 2.14. The van der Waals surface area contributed by atoms with Crippen LogP contribution in [0.5, 0.6) is 11.5 Å². The molecule has 4 aromatic carbocycles. The molecule has 0 radical (unpaired) electrons. The number of ether oxygens (including phenoxy) is 1. The molecule has 0 spiro atoms. The zero-order valence-corrected chi connectivity index (χ0v) is 20.8. The van der Waals surface area contributed by atoms with Crippen LogP contribution in [0.4, 0.5) is 0 Å². The molecular formula is C30H30ClNO4. The van der Waals surface area contributed by atoms with Crippen molar-refractivity contribution in [3.05, 3.63) is 120 Å². The number of rotatable bonds is 10. The summed E-state index contributed by atoms with van der Waals surface area (Å²) in [6.45, 7) is 2.59. The number of hydrogen-bond donors (Lipinski definition) is 3. The van der Waals surface area contributed by atoms with E-state index in [1.807, 2.05) is 60.7 Å². The lowest BCUT2D eigenvalue weighted by Gasteiger charge is -2.18. The van der Waals surface area contributed by atoms with E-state index in [1.165, 1.54) is 5.56 Å². The van der Waals surface area contributed by atoms with Gasteiger partial charge in [0.1, 0.15) is 17.1 Å². The SMILES string of the molecule is C[C@H](Cc1ccc(-c2ccc(C(=O)O)c(Oc3ccccc3)c2)cc1)NC[C@H](O)c1ccccc1.Cl. The predicted octanol–water partition coefficient (Wildman–Crippen LogP) is 6.52. The van der Waals surface area contributed by atoms with Crippen LogP contribution in [-0.4, -0.2) is 28.8 Å². The first-order chi connectivity index (χ1) is 17.0. The van der Waals surface area contributed by atoms with E-state index in [4.69, 9.17) is 4.74 Å². The molecule has 4 aromatic rings. The van der Waals surface area contributed by atoms with E-state index in [9.17, 15) is 15.0 Å². The summed E-state index contributed by atoms with van der Waals surface area (Å²) in [7, 11) is 0. The van der Waals surface area contributed by atoms with Crippen LogP contribution in [-0.2, 0) is 6.42 Å². The van der Waals surface area contributed by atoms with Crippen molar-refractivity contribution in [3.63, 3.8) is 0 Å². The zero-order valence-electron chi connectivity index (χ0n) is 20.0. The maximum absolute atomic E-state index is 11.7. The Labute approximate surface area is 217 Å². The summed E-state index contributed by atoms with van der Waals surface area (Å²) in [5, 5.41) is 23.3. The summed E-state index contributed by atoms with van der Waals surface area (Å²) >= 11 is 0. The van der Waals surface area contributed by atoms with Crippen LogP contribution in [0.15, 0.2) is 103 Å². The summed E-state index contributed by atoms with van der Waals surface area (Å²) in [5.41, 5.74) is 4.05. The van der Waals surface area contributed by atoms with Crippen molar-refractivity contribution in [3.8, 4) is 22.6 Å². The lowest BCUT2D eigenvalue weighted by Crippen LogP contribution is -2.32. The van der Waals surface area contributed by atoms with Gasteiger partial charge in [-0.2, -0.15) is 0 Å². The fourth-order valence-electron chi connectivity index (χ4n) is 3.94. The van der Waals surface area contributed by atoms with Gasteiger partial charge in [-0.05, 0) is 59.9 Å². The monoisotopic (exact) mass is 503 g/mol. The standard InChI is InChI=1S/C30H29NO4.ClH/c1-21(31-20-28(32)24-8-4-2-5-9-24)18-22-12-14-23(15-13-22)25-16-17-27(30(33)34)29(19-25)35-26-10-6-3-7-11-26;/h2-17,19,21,28,31-32H,18,20H2,1H3,(H,33,34);1H/t21-,28+;/m1./s1. The molecular weight excluding hydrogens is 474 g/mol. The summed E-state index contributed by atoms with van der Waals surface area (Å²) in [4.78, 5) is 11.7. The van der Waals surface area contributed by atoms with Crippen LogP contribution in [0, 0.1) is 0 Å². The first kappa shape index (κ1) is 27.0. The predicted molar refractivity (Wildman–Crippen MR) is 145 cm³/mol. The molecule has 0 saturated heterocycles. The first-order valence-corrected chi connectivity index (χ1v) is 11.7. The molecule has 0 saturated carbocycles. The van der Waals surface area contributed by atoms with Crippen molar-refractivity contribution in [2.24, 2.45) is 0 Å². The third-order valence-corrected chi connectivity index (χ3v) is 5.86. The lowest BCUT2D eigenvalue weighted by molar-refractivity contribution is 0.0694. The average molecular weight is 504 g/mol. The van der Waals surface area contributed by atoms with Crippen LogP contribution < -0.4 is 10.1 Å². The number of para-hydroxylation sites is 1. The Morgan fingerprint density at radius 3 is 2.11 bits per heavy atom. The molecule has 0 aromatic heterocycles. The fourth-order valence-corrected chi connectivity index (χ4v) is 3.94. The van der Waals surface area contributed by atoms with E-state index >= 15 is 0 Å². The van der Waals surface area contributed by atoms with E-state index in [1.54, 1.807) is 30.3 Å². The quantitative estimate of drug-likeness (QED) is 0.229. The summed E-state index contributed by atoms with van der Waals surface area (Å²) in [6.07, 6.45) is 0.282. The van der Waals surface area contributed by atoms with Crippen LogP contribution in [0.25, 0.3) is 11.1 Å². The Bertz CT molecular complexity index is 1250. The van der Waals surface area contributed by atoms with Gasteiger partial charge in [0, 0.05) is 12.6 Å². The third-order valence-electron chi connectivity index (χ3n) is 5.86. The van der Waals surface area contributed by atoms with Gasteiger partial charge in [-0.25, -0.2) is 4.79 Å². The van der Waals surface area contributed by atoms with Gasteiger partial charge < -0.3 is 20.3 Å². The highest BCUT2D eigenvalue weighted by atomic mass is 35.5. The molecule has 0 amide bonds. The molecule has 4 rings (SSSR count). The topological polar surface area (TPSA) is 78.8 Å². The number of halogens is 1. The molecule has 0 heterocycles. The van der Waals surface area contributed by atoms with Gasteiger partial charge in [-0.1, -0.05) is 78.9 Å². The van der Waals surface area contributed by atoms with Crippen molar-refractivity contribution < 1.29 is 19.7 Å². The Balaban J connectivity index is 0.00000361. The Kier molecular flexibility index (Phi) is 9.65. The molecule has 0 fully saturated rings. The minimum Gasteiger partial charge on any atom is -0.478 e. The van der Waals surface area contributed by atoms with Crippen molar-refractivity contribution in [2.75, 3.05) is 6.54 Å². The Morgan fingerprint density at radius 1 is 0.861 bits per heavy atom. The number of carboxylic acid groups (broad SMARTS) is 1. The van der Waals surface area contributed by atoms with Crippen molar-refractivity contribution in [1.82, 2.24) is 5.32 Å². The first-order valence-electron chi connectivity index (χ1n) is 11.7. The molecule has 186 valence electrons. The average Bonchev–Trinajstić information content (AvgIpc) is 2.88. The molecule has 0 aliphatic heterocycles. The number of carbonyl (C=O) groups is 1. The number of benzene rings is 4. The second-order valence-electron chi connectivity index (χ2n) is 8.57. The largest absolute Gasteiger partial charge is 0.478 e. The maximum atomic E-state index is 11.7. The van der Waals surface area contributed by atoms with Crippen LogP contribution in [0.1, 0.15) is 34.5 Å². The highest BCUT2D eigenvalue weighted by molar-refractivity contribution is 5.92. The van der Waals surface area contributed by atoms with Gasteiger partial charge in [-0.3, -0.25) is 0 Å². The minimum absolute atomic E-state index is 0. The van der Waals surface area contributed by atoms with Crippen molar-refractivity contribution in [2.45, 2.75) is 25.5 Å². The molecule has 0 unspecified atom stereocenters. The third kappa shape index (κ3) is 7.18. The second kappa shape index (κ2) is 12.9. The molecule has 6 heteroatoms. The van der Waals surface area contributed by atoms with E-state index < -0.39 is 12.1 Å². The van der Waals surface area contributed by atoms with Crippen LogP contribution in [0.2, 0.25) is 0 Å². The number of carboxylic acids is 1. The maximum Gasteiger partial charge on any atom is 0.339 e. The molecule has 36 heavy (non-hydrogen) atoms. The van der Waals surface area contributed by atoms with Gasteiger partial charge in [-0.15, -0.1) is 12.4 Å². The van der Waals surface area contributed by atoms with Crippen LogP contribution >= 0.6 is 12.4 Å². The fraction of sp³-hybridized carbons (Fsp3) is 0.167. The normalized spacial score (nSPS) is 12.3. The highest BCUT2D eigenvalue weighted by Crippen LogP contribution is 2.31. The number of hydrogen-bond acceptors (Lipinski definition) is 4. The second-order valence-corrected chi connectivity index (χ2v) is 8.57. The lowest BCUT2D eigenvalue weighted by atomic mass is 9.99. The van der Waals surface area contributed by atoms with Gasteiger partial charge in [0.25, 0.3) is 0 Å². The molecule has 3 N–H and O–H groups in total. The molecule has 0 bridgehead atoms. The number of nitrogens with one attached hydrogen (secondary N) is 1. The molecule has 0 aliphatic carbocycles. The van der Waals surface area contributed by atoms with E-state index in [2.05, 4.69) is 24.4 Å². The zero-order chi connectivity index (χ0) is 24.6. The van der Waals surface area contributed by atoms with Gasteiger partial charge in [0.2, 0.25) is 0 Å². The van der Waals surface area contributed by atoms with Crippen molar-refractivity contribution >= 4 is 18.4 Å². The minimum atomic E-state index is -1.03. The Morgan fingerprint density at radius 2 is 1.47 bits per heavy atom. The Hall–Kier alpha value is -3.64. The van der Waals surface area contributed by atoms with Crippen LogP contribution in [0.3, 0.4) is 0 Å².